The normalized spacial score (nSPS) is 6.17. The van der Waals surface area contributed by atoms with E-state index in [0.717, 1.165) is 12.2 Å². The van der Waals surface area contributed by atoms with Crippen LogP contribution in [-0.4, -0.2) is 35.6 Å². The van der Waals surface area contributed by atoms with Crippen molar-refractivity contribution >= 4 is 12.2 Å². The molecule has 0 radical (unpaired) electrons. The summed E-state index contributed by atoms with van der Waals surface area (Å²) in [5.74, 6) is 0. The van der Waals surface area contributed by atoms with Crippen LogP contribution in [-0.2, 0) is 9.59 Å². The van der Waals surface area contributed by atoms with Crippen molar-refractivity contribution in [3.05, 3.63) is 72.8 Å². The Morgan fingerprint density at radius 3 is 0.667 bits per heavy atom. The summed E-state index contributed by atoms with van der Waals surface area (Å²) in [6.07, 6.45) is 1.50. The zero-order chi connectivity index (χ0) is 19.3. The van der Waals surface area contributed by atoms with E-state index >= 15 is 0 Å². The van der Waals surface area contributed by atoms with Crippen molar-refractivity contribution in [2.45, 2.75) is 13.8 Å². The lowest BCUT2D eigenvalue weighted by Crippen LogP contribution is -1.57. The maximum Gasteiger partial charge on any atom is 0.231 e. The maximum absolute atomic E-state index is 8.35. The van der Waals surface area contributed by atoms with Gasteiger partial charge in [-0.15, -0.1) is 0 Å². The quantitative estimate of drug-likeness (QED) is 0.436. The first-order valence-corrected chi connectivity index (χ1v) is 6.95. The molecule has 0 amide bonds. The van der Waals surface area contributed by atoms with E-state index in [2.05, 4.69) is 0 Å². The van der Waals surface area contributed by atoms with E-state index in [1.54, 1.807) is 13.8 Å². The fourth-order valence-electron chi connectivity index (χ4n) is 0.770. The highest BCUT2D eigenvalue weighted by atomic mass is 16.3. The van der Waals surface area contributed by atoms with E-state index in [1.807, 2.05) is 72.8 Å². The average Bonchev–Trinajstić information content (AvgIpc) is 2.61. The molecule has 6 heteroatoms. The fourth-order valence-corrected chi connectivity index (χ4v) is 0.770. The molecule has 2 aromatic carbocycles. The van der Waals surface area contributed by atoms with Gasteiger partial charge in [-0.1, -0.05) is 72.8 Å². The van der Waals surface area contributed by atoms with Gasteiger partial charge < -0.3 is 10.2 Å². The third-order valence-corrected chi connectivity index (χ3v) is 1.33. The van der Waals surface area contributed by atoms with Crippen molar-refractivity contribution in [1.29, 1.82) is 10.8 Å². The highest BCUT2D eigenvalue weighted by Gasteiger charge is 1.58. The summed E-state index contributed by atoms with van der Waals surface area (Å²) in [5, 5.41) is 25.9. The Hall–Kier alpha value is -2.88. The lowest BCUT2D eigenvalue weighted by molar-refractivity contribution is 0.318. The molecule has 2 rings (SSSR count). The van der Waals surface area contributed by atoms with Crippen LogP contribution in [0, 0.1) is 10.8 Å². The lowest BCUT2D eigenvalue weighted by Gasteiger charge is -1.69. The Labute approximate surface area is 143 Å². The molecule has 0 spiro atoms. The molecule has 24 heavy (non-hydrogen) atoms. The minimum atomic E-state index is 0.250. The number of hydrogen-bond donors (Lipinski definition) is 4. The van der Waals surface area contributed by atoms with Crippen molar-refractivity contribution in [2.24, 2.45) is 0 Å². The molecule has 0 unspecified atom stereocenters. The zero-order valence-electron chi connectivity index (χ0n) is 14.1. The smallest absolute Gasteiger partial charge is 0.231 e. The average molecular weight is 334 g/mol. The summed E-state index contributed by atoms with van der Waals surface area (Å²) in [6, 6.07) is 24.0. The Morgan fingerprint density at radius 2 is 0.625 bits per heavy atom. The number of aliphatic hydroxyl groups excluding tert-OH is 2. The van der Waals surface area contributed by atoms with Crippen molar-refractivity contribution in [2.75, 3.05) is 13.2 Å². The van der Waals surface area contributed by atoms with Crippen LogP contribution in [0.4, 0.5) is 0 Å². The second-order valence-corrected chi connectivity index (χ2v) is 3.15. The van der Waals surface area contributed by atoms with Crippen molar-refractivity contribution in [3.8, 4) is 0 Å². The SMILES string of the molecule is CCO.CCO.N=C=O.N=C=O.c1ccccc1.c1ccccc1. The second-order valence-electron chi connectivity index (χ2n) is 3.15. The van der Waals surface area contributed by atoms with Crippen LogP contribution in [0.15, 0.2) is 72.8 Å². The first-order chi connectivity index (χ1) is 11.7. The zero-order valence-corrected chi connectivity index (χ0v) is 14.1. The maximum atomic E-state index is 8.35. The summed E-state index contributed by atoms with van der Waals surface area (Å²) in [5.41, 5.74) is 0. The van der Waals surface area contributed by atoms with Gasteiger partial charge in [-0.2, -0.15) is 0 Å². The molecule has 0 aliphatic rings. The Balaban J connectivity index is -0.000000105. The summed E-state index contributed by atoms with van der Waals surface area (Å²) < 4.78 is 0. The number of hydrogen-bond acceptors (Lipinski definition) is 6. The molecule has 4 N–H and O–H groups in total. The van der Waals surface area contributed by atoms with Crippen LogP contribution in [0.1, 0.15) is 13.8 Å². The Bertz CT molecular complexity index is 354. The van der Waals surface area contributed by atoms with Crippen LogP contribution in [0.5, 0.6) is 0 Å². The van der Waals surface area contributed by atoms with Crippen LogP contribution >= 0.6 is 0 Å². The number of benzene rings is 2. The van der Waals surface area contributed by atoms with Crippen molar-refractivity contribution < 1.29 is 19.8 Å². The van der Waals surface area contributed by atoms with Crippen LogP contribution in [0.25, 0.3) is 0 Å². The summed E-state index contributed by atoms with van der Waals surface area (Å²) in [6.45, 7) is 3.86. The molecule has 0 aromatic heterocycles. The minimum absolute atomic E-state index is 0.250. The molecule has 132 valence electrons. The Morgan fingerprint density at radius 1 is 0.583 bits per heavy atom. The van der Waals surface area contributed by atoms with E-state index in [4.69, 9.17) is 30.6 Å². The van der Waals surface area contributed by atoms with Gasteiger partial charge in [-0.25, -0.2) is 20.4 Å². The van der Waals surface area contributed by atoms with Gasteiger partial charge in [0.15, 0.2) is 0 Å². The van der Waals surface area contributed by atoms with E-state index in [0.29, 0.717) is 0 Å². The third-order valence-electron chi connectivity index (χ3n) is 1.33. The number of nitrogens with one attached hydrogen (secondary N) is 2. The van der Waals surface area contributed by atoms with E-state index < -0.39 is 0 Å². The van der Waals surface area contributed by atoms with Crippen LogP contribution in [0.2, 0.25) is 0 Å². The highest BCUT2D eigenvalue weighted by molar-refractivity contribution is 5.26. The number of carbonyl (C=O) groups excluding carboxylic acids is 2. The summed E-state index contributed by atoms with van der Waals surface area (Å²) >= 11 is 0. The monoisotopic (exact) mass is 334 g/mol. The first kappa shape index (κ1) is 29.2. The molecule has 6 nitrogen and oxygen atoms in total. The molecule has 0 aliphatic heterocycles. The number of rotatable bonds is 0. The summed E-state index contributed by atoms with van der Waals surface area (Å²) in [4.78, 5) is 16.7. The molecule has 0 fully saturated rings. The molecule has 0 bridgehead atoms. The lowest BCUT2D eigenvalue weighted by atomic mass is 10.4. The third kappa shape index (κ3) is 75.5. The molecular formula is C18H26N2O4. The van der Waals surface area contributed by atoms with Crippen LogP contribution < -0.4 is 0 Å². The highest BCUT2D eigenvalue weighted by Crippen LogP contribution is 1.80. The second kappa shape index (κ2) is 42.7. The molecular weight excluding hydrogens is 308 g/mol. The minimum Gasteiger partial charge on any atom is -0.397 e. The largest absolute Gasteiger partial charge is 0.397 e. The predicted molar refractivity (Wildman–Crippen MR) is 95.2 cm³/mol. The van der Waals surface area contributed by atoms with Gasteiger partial charge in [0.25, 0.3) is 0 Å². The first-order valence-electron chi connectivity index (χ1n) is 6.95. The van der Waals surface area contributed by atoms with Gasteiger partial charge >= 0.3 is 0 Å². The standard InChI is InChI=1S/2C6H6.2C2H6O.2CHNO/c2*1-2-4-6-5-3-1;2*1-2-3;2*2-1-3/h2*1-6H;2*3H,2H2,1H3;2*2H. The van der Waals surface area contributed by atoms with Gasteiger partial charge in [0.2, 0.25) is 12.2 Å². The summed E-state index contributed by atoms with van der Waals surface area (Å²) in [7, 11) is 0. The van der Waals surface area contributed by atoms with Gasteiger partial charge in [0.05, 0.1) is 0 Å². The number of aliphatic hydroxyl groups is 2. The van der Waals surface area contributed by atoms with Gasteiger partial charge in [0, 0.05) is 13.2 Å². The fraction of sp³-hybridized carbons (Fsp3) is 0.222. The molecule has 0 heterocycles. The van der Waals surface area contributed by atoms with E-state index in [1.165, 1.54) is 0 Å². The molecule has 0 saturated carbocycles. The molecule has 0 aliphatic carbocycles. The van der Waals surface area contributed by atoms with Crippen molar-refractivity contribution in [1.82, 2.24) is 0 Å². The van der Waals surface area contributed by atoms with Gasteiger partial charge in [-0.05, 0) is 13.8 Å². The van der Waals surface area contributed by atoms with Gasteiger partial charge in [-0.3, -0.25) is 0 Å². The number of isocyanates is 2. The molecule has 0 atom stereocenters. The van der Waals surface area contributed by atoms with Gasteiger partial charge in [0.1, 0.15) is 0 Å². The predicted octanol–water partition coefficient (Wildman–Crippen LogP) is 3.17. The van der Waals surface area contributed by atoms with E-state index in [-0.39, 0.29) is 13.2 Å². The molecule has 2 aromatic rings. The Kier molecular flexibility index (Phi) is 51.9. The van der Waals surface area contributed by atoms with Crippen LogP contribution in [0.3, 0.4) is 0 Å². The molecule has 0 saturated heterocycles. The topological polar surface area (TPSA) is 122 Å². The van der Waals surface area contributed by atoms with E-state index in [9.17, 15) is 0 Å². The van der Waals surface area contributed by atoms with Crippen molar-refractivity contribution in [3.63, 3.8) is 0 Å².